The Labute approximate surface area is 282 Å². The van der Waals surface area contributed by atoms with Crippen molar-refractivity contribution in [3.8, 4) is 17.2 Å². The summed E-state index contributed by atoms with van der Waals surface area (Å²) in [6, 6.07) is 23.5. The SMILES string of the molecule is COc1ccc(NC(=O)N2C3CCC2CC(Cc2cccc(NC(=O)Nc4cc(C(C)(C)C)nn4-c4ccc(C)cc4)c2)C3)cc1OC. The number of anilines is 3. The van der Waals surface area contributed by atoms with Crippen molar-refractivity contribution in [2.45, 2.75) is 77.3 Å². The van der Waals surface area contributed by atoms with Crippen molar-refractivity contribution < 1.29 is 19.1 Å². The lowest BCUT2D eigenvalue weighted by Gasteiger charge is -2.39. The van der Waals surface area contributed by atoms with Crippen molar-refractivity contribution in [3.63, 3.8) is 0 Å². The predicted octanol–water partition coefficient (Wildman–Crippen LogP) is 8.16. The molecule has 10 heteroatoms. The second-order valence-corrected chi connectivity index (χ2v) is 14.0. The number of carbonyl (C=O) groups excluding carboxylic acids is 2. The van der Waals surface area contributed by atoms with Crippen molar-refractivity contribution in [1.29, 1.82) is 0 Å². The monoisotopic (exact) mass is 650 g/mol. The van der Waals surface area contributed by atoms with Crippen molar-refractivity contribution in [3.05, 3.63) is 89.6 Å². The number of benzene rings is 3. The molecule has 0 saturated carbocycles. The van der Waals surface area contributed by atoms with E-state index in [0.29, 0.717) is 28.9 Å². The van der Waals surface area contributed by atoms with Crippen molar-refractivity contribution in [1.82, 2.24) is 14.7 Å². The van der Waals surface area contributed by atoms with E-state index in [1.54, 1.807) is 31.0 Å². The molecule has 252 valence electrons. The average Bonchev–Trinajstić information content (AvgIpc) is 3.59. The van der Waals surface area contributed by atoms with Crippen LogP contribution in [0, 0.1) is 12.8 Å². The maximum absolute atomic E-state index is 13.4. The Bertz CT molecular complexity index is 1760. The van der Waals surface area contributed by atoms with Crippen molar-refractivity contribution in [2.24, 2.45) is 5.92 Å². The highest BCUT2D eigenvalue weighted by Crippen LogP contribution is 2.41. The van der Waals surface area contributed by atoms with Crippen LogP contribution in [0.15, 0.2) is 72.8 Å². The van der Waals surface area contributed by atoms with E-state index in [2.05, 4.69) is 48.9 Å². The van der Waals surface area contributed by atoms with Gasteiger partial charge in [-0.15, -0.1) is 0 Å². The average molecular weight is 651 g/mol. The normalized spacial score (nSPS) is 18.7. The molecule has 0 radical (unpaired) electrons. The number of aryl methyl sites for hydroxylation is 1. The van der Waals surface area contributed by atoms with Gasteiger partial charge in [0.15, 0.2) is 11.5 Å². The standard InChI is InChI=1S/C38H46N6O4/c1-24-10-13-29(14-11-24)44-35(23-34(42-44)38(2,3)4)41-36(45)39-27-9-7-8-25(19-27)18-26-20-30-15-16-31(21-26)43(30)37(46)40-28-12-17-32(47-5)33(22-28)48-6/h7-14,17,19,22-23,26,30-31H,15-16,18,20-21H2,1-6H3,(H,40,46)(H2,39,41,45). The third-order valence-corrected chi connectivity index (χ3v) is 9.41. The Morgan fingerprint density at radius 1 is 0.833 bits per heavy atom. The van der Waals surface area contributed by atoms with Gasteiger partial charge in [-0.25, -0.2) is 14.3 Å². The number of methoxy groups -OCH3 is 2. The second-order valence-electron chi connectivity index (χ2n) is 14.0. The highest BCUT2D eigenvalue weighted by atomic mass is 16.5. The molecule has 0 aliphatic carbocycles. The lowest BCUT2D eigenvalue weighted by atomic mass is 9.86. The molecule has 2 saturated heterocycles. The molecule has 2 bridgehead atoms. The topological polar surface area (TPSA) is 110 Å². The lowest BCUT2D eigenvalue weighted by Crippen LogP contribution is -2.48. The highest BCUT2D eigenvalue weighted by molar-refractivity contribution is 5.99. The molecule has 1 aromatic heterocycles. The third-order valence-electron chi connectivity index (χ3n) is 9.41. The number of aromatic nitrogens is 2. The number of nitrogens with zero attached hydrogens (tertiary/aromatic N) is 3. The van der Waals surface area contributed by atoms with E-state index in [4.69, 9.17) is 14.6 Å². The Morgan fingerprint density at radius 2 is 1.52 bits per heavy atom. The minimum Gasteiger partial charge on any atom is -0.493 e. The minimum atomic E-state index is -0.326. The van der Waals surface area contributed by atoms with Crippen LogP contribution in [-0.2, 0) is 11.8 Å². The lowest BCUT2D eigenvalue weighted by molar-refractivity contribution is 0.131. The van der Waals surface area contributed by atoms with E-state index in [-0.39, 0.29) is 29.6 Å². The van der Waals surface area contributed by atoms with Crippen LogP contribution in [-0.4, -0.2) is 53.0 Å². The quantitative estimate of drug-likeness (QED) is 0.178. The molecule has 2 aliphatic heterocycles. The largest absolute Gasteiger partial charge is 0.493 e. The number of piperidine rings is 1. The highest BCUT2D eigenvalue weighted by Gasteiger charge is 2.43. The number of hydrogen-bond donors (Lipinski definition) is 3. The number of rotatable bonds is 8. The first-order chi connectivity index (χ1) is 23.0. The van der Waals surface area contributed by atoms with Gasteiger partial charge in [0, 0.05) is 41.0 Å². The first kappa shape index (κ1) is 32.9. The van der Waals surface area contributed by atoms with Gasteiger partial charge in [-0.05, 0) is 86.9 Å². The Morgan fingerprint density at radius 3 is 2.19 bits per heavy atom. The first-order valence-corrected chi connectivity index (χ1v) is 16.7. The molecule has 10 nitrogen and oxygen atoms in total. The molecule has 2 unspecified atom stereocenters. The Hall–Kier alpha value is -4.99. The predicted molar refractivity (Wildman–Crippen MR) is 190 cm³/mol. The van der Waals surface area contributed by atoms with E-state index >= 15 is 0 Å². The number of urea groups is 2. The van der Waals surface area contributed by atoms with Crippen LogP contribution in [0.2, 0.25) is 0 Å². The smallest absolute Gasteiger partial charge is 0.324 e. The van der Waals surface area contributed by atoms with Crippen LogP contribution >= 0.6 is 0 Å². The van der Waals surface area contributed by atoms with Gasteiger partial charge >= 0.3 is 12.1 Å². The summed E-state index contributed by atoms with van der Waals surface area (Å²) in [4.78, 5) is 28.7. The summed E-state index contributed by atoms with van der Waals surface area (Å²) >= 11 is 0. The fourth-order valence-electron chi connectivity index (χ4n) is 7.00. The van der Waals surface area contributed by atoms with Gasteiger partial charge in [0.25, 0.3) is 0 Å². The number of nitrogens with one attached hydrogen (secondary N) is 3. The molecule has 48 heavy (non-hydrogen) atoms. The third kappa shape index (κ3) is 7.27. The maximum Gasteiger partial charge on any atom is 0.324 e. The first-order valence-electron chi connectivity index (χ1n) is 16.7. The van der Waals surface area contributed by atoms with Crippen LogP contribution < -0.4 is 25.4 Å². The van der Waals surface area contributed by atoms with E-state index < -0.39 is 0 Å². The van der Waals surface area contributed by atoms with Gasteiger partial charge in [0.2, 0.25) is 0 Å². The summed E-state index contributed by atoms with van der Waals surface area (Å²) in [6.45, 7) is 8.36. The minimum absolute atomic E-state index is 0.0660. The summed E-state index contributed by atoms with van der Waals surface area (Å²) in [7, 11) is 3.18. The molecule has 2 atom stereocenters. The molecule has 3 heterocycles. The van der Waals surface area contributed by atoms with Crippen LogP contribution in [0.4, 0.5) is 26.8 Å². The van der Waals surface area contributed by atoms with Gasteiger partial charge in [0.05, 0.1) is 25.6 Å². The zero-order valence-electron chi connectivity index (χ0n) is 28.7. The van der Waals surface area contributed by atoms with Gasteiger partial charge in [-0.3, -0.25) is 5.32 Å². The number of amides is 4. The fourth-order valence-corrected chi connectivity index (χ4v) is 7.00. The van der Waals surface area contributed by atoms with Crippen LogP contribution in [0.5, 0.6) is 11.5 Å². The second kappa shape index (κ2) is 13.6. The summed E-state index contributed by atoms with van der Waals surface area (Å²) < 4.78 is 12.5. The van der Waals surface area contributed by atoms with E-state index in [9.17, 15) is 9.59 Å². The van der Waals surface area contributed by atoms with Gasteiger partial charge in [-0.1, -0.05) is 50.6 Å². The summed E-state index contributed by atoms with van der Waals surface area (Å²) in [5.74, 6) is 2.26. The van der Waals surface area contributed by atoms with Crippen molar-refractivity contribution >= 4 is 29.3 Å². The molecule has 3 N–H and O–H groups in total. The zero-order valence-corrected chi connectivity index (χ0v) is 28.7. The molecule has 0 spiro atoms. The zero-order chi connectivity index (χ0) is 34.0. The molecular formula is C38H46N6O4. The van der Waals surface area contributed by atoms with Gasteiger partial charge in [-0.2, -0.15) is 5.10 Å². The Kier molecular flexibility index (Phi) is 9.35. The van der Waals surface area contributed by atoms with E-state index in [1.165, 1.54) is 5.56 Å². The molecule has 2 aliphatic rings. The molecule has 4 amide bonds. The van der Waals surface area contributed by atoms with Crippen LogP contribution in [0.25, 0.3) is 5.69 Å². The van der Waals surface area contributed by atoms with E-state index in [1.807, 2.05) is 60.4 Å². The maximum atomic E-state index is 13.4. The number of ether oxygens (including phenoxy) is 2. The van der Waals surface area contributed by atoms with Gasteiger partial charge in [0.1, 0.15) is 5.82 Å². The van der Waals surface area contributed by atoms with Gasteiger partial charge < -0.3 is 25.0 Å². The summed E-state index contributed by atoms with van der Waals surface area (Å²) in [5, 5.41) is 13.9. The molecule has 6 rings (SSSR count). The van der Waals surface area contributed by atoms with Crippen molar-refractivity contribution in [2.75, 3.05) is 30.2 Å². The van der Waals surface area contributed by atoms with Crippen LogP contribution in [0.3, 0.4) is 0 Å². The molecule has 3 aromatic carbocycles. The molecular weight excluding hydrogens is 604 g/mol. The number of carbonyl (C=O) groups is 2. The molecule has 4 aromatic rings. The molecule has 2 fully saturated rings. The number of fused-ring (bicyclic) bond motifs is 2. The Balaban J connectivity index is 1.08. The number of hydrogen-bond acceptors (Lipinski definition) is 5. The van der Waals surface area contributed by atoms with Crippen LogP contribution in [0.1, 0.15) is 63.3 Å². The van der Waals surface area contributed by atoms with E-state index in [0.717, 1.165) is 54.7 Å². The fraction of sp³-hybridized carbons (Fsp3) is 0.395. The summed E-state index contributed by atoms with van der Waals surface area (Å²) in [5.41, 5.74) is 5.33. The summed E-state index contributed by atoms with van der Waals surface area (Å²) in [6.07, 6.45) is 4.82.